The third-order valence-corrected chi connectivity index (χ3v) is 9.72. The molecule has 0 saturated carbocycles. The number of ether oxygens (including phenoxy) is 1. The Bertz CT molecular complexity index is 1290. The maximum Gasteiger partial charge on any atom is 0.243 e. The van der Waals surface area contributed by atoms with E-state index >= 15 is 0 Å². The van der Waals surface area contributed by atoms with Gasteiger partial charge in [0, 0.05) is 31.9 Å². The standard InChI is InChI=1S/C25H34N4O6S2/c1-20(21-5-7-22(8-6-21)27-13-3-4-14-27)26-25(30)19-29(36(2,31)32)23-9-11-24(12-10-23)37(33,34)28-15-17-35-18-16-28/h5-12,20H,3-4,13-19H2,1-2H3,(H,26,30). The predicted octanol–water partition coefficient (Wildman–Crippen LogP) is 1.95. The Labute approximate surface area is 219 Å². The third kappa shape index (κ3) is 6.61. The van der Waals surface area contributed by atoms with Crippen LogP contribution in [0.2, 0.25) is 0 Å². The molecule has 2 saturated heterocycles. The molecular formula is C25H34N4O6S2. The maximum atomic E-state index is 12.9. The van der Waals surface area contributed by atoms with Crippen LogP contribution < -0.4 is 14.5 Å². The lowest BCUT2D eigenvalue weighted by atomic mass is 10.1. The van der Waals surface area contributed by atoms with Crippen LogP contribution in [0, 0.1) is 0 Å². The molecule has 202 valence electrons. The van der Waals surface area contributed by atoms with Crippen molar-refractivity contribution >= 4 is 37.3 Å². The molecule has 0 aliphatic carbocycles. The summed E-state index contributed by atoms with van der Waals surface area (Å²) in [6.07, 6.45) is 3.40. The number of hydrogen-bond donors (Lipinski definition) is 1. The molecule has 0 bridgehead atoms. The number of morpholine rings is 1. The lowest BCUT2D eigenvalue weighted by Gasteiger charge is -2.26. The minimum absolute atomic E-state index is 0.0575. The summed E-state index contributed by atoms with van der Waals surface area (Å²) in [4.78, 5) is 15.2. The largest absolute Gasteiger partial charge is 0.379 e. The second-order valence-corrected chi connectivity index (χ2v) is 13.2. The average molecular weight is 551 g/mol. The van der Waals surface area contributed by atoms with E-state index in [9.17, 15) is 21.6 Å². The summed E-state index contributed by atoms with van der Waals surface area (Å²) in [7, 11) is -7.52. The van der Waals surface area contributed by atoms with Crippen molar-refractivity contribution in [2.75, 3.05) is 61.4 Å². The zero-order valence-electron chi connectivity index (χ0n) is 21.2. The Kier molecular flexibility index (Phi) is 8.42. The van der Waals surface area contributed by atoms with Crippen LogP contribution in [-0.4, -0.2) is 79.2 Å². The highest BCUT2D eigenvalue weighted by Crippen LogP contribution is 2.25. The van der Waals surface area contributed by atoms with Gasteiger partial charge in [-0.25, -0.2) is 16.8 Å². The second kappa shape index (κ2) is 11.4. The fourth-order valence-corrected chi connectivity index (χ4v) is 6.83. The van der Waals surface area contributed by atoms with E-state index in [0.29, 0.717) is 13.2 Å². The first kappa shape index (κ1) is 27.4. The molecule has 2 heterocycles. The summed E-state index contributed by atoms with van der Waals surface area (Å²) in [6.45, 7) is 4.70. The number of nitrogens with zero attached hydrogens (tertiary/aromatic N) is 3. The van der Waals surface area contributed by atoms with Gasteiger partial charge in [0.05, 0.1) is 36.1 Å². The van der Waals surface area contributed by atoms with Gasteiger partial charge in [-0.15, -0.1) is 0 Å². The Morgan fingerprint density at radius 1 is 0.946 bits per heavy atom. The third-order valence-electron chi connectivity index (χ3n) is 6.66. The Morgan fingerprint density at radius 3 is 2.11 bits per heavy atom. The van der Waals surface area contributed by atoms with E-state index in [1.165, 1.54) is 41.4 Å². The van der Waals surface area contributed by atoms with Crippen molar-refractivity contribution in [3.8, 4) is 0 Å². The van der Waals surface area contributed by atoms with Crippen LogP contribution in [0.5, 0.6) is 0 Å². The molecule has 0 spiro atoms. The minimum atomic E-state index is -3.81. The number of rotatable bonds is 9. The number of benzene rings is 2. The molecule has 2 aliphatic heterocycles. The molecule has 1 atom stereocenters. The Balaban J connectivity index is 1.42. The molecule has 37 heavy (non-hydrogen) atoms. The lowest BCUT2D eigenvalue weighted by Crippen LogP contribution is -2.41. The topological polar surface area (TPSA) is 116 Å². The van der Waals surface area contributed by atoms with Gasteiger partial charge in [0.1, 0.15) is 6.54 Å². The van der Waals surface area contributed by atoms with E-state index in [1.807, 2.05) is 31.2 Å². The Hall–Kier alpha value is -2.67. The normalized spacial score (nSPS) is 17.9. The van der Waals surface area contributed by atoms with E-state index in [2.05, 4.69) is 10.2 Å². The molecule has 0 radical (unpaired) electrons. The fourth-order valence-electron chi connectivity index (χ4n) is 4.57. The van der Waals surface area contributed by atoms with Crippen molar-refractivity contribution in [2.24, 2.45) is 0 Å². The van der Waals surface area contributed by atoms with Gasteiger partial charge in [-0.3, -0.25) is 9.10 Å². The van der Waals surface area contributed by atoms with Crippen LogP contribution in [0.1, 0.15) is 31.4 Å². The molecule has 1 unspecified atom stereocenters. The van der Waals surface area contributed by atoms with Crippen molar-refractivity contribution in [3.05, 3.63) is 54.1 Å². The zero-order valence-corrected chi connectivity index (χ0v) is 22.8. The number of sulfonamides is 2. The van der Waals surface area contributed by atoms with E-state index < -0.39 is 32.5 Å². The number of nitrogens with one attached hydrogen (secondary N) is 1. The molecule has 12 heteroatoms. The van der Waals surface area contributed by atoms with Gasteiger partial charge < -0.3 is 15.0 Å². The van der Waals surface area contributed by atoms with Crippen molar-refractivity contribution in [2.45, 2.75) is 30.7 Å². The molecular weight excluding hydrogens is 516 g/mol. The van der Waals surface area contributed by atoms with Crippen molar-refractivity contribution in [3.63, 3.8) is 0 Å². The molecule has 2 fully saturated rings. The first-order chi connectivity index (χ1) is 17.6. The SMILES string of the molecule is CC(NC(=O)CN(c1ccc(S(=O)(=O)N2CCOCC2)cc1)S(C)(=O)=O)c1ccc(N2CCCC2)cc1. The molecule has 2 aromatic rings. The van der Waals surface area contributed by atoms with Crippen LogP contribution in [0.3, 0.4) is 0 Å². The highest BCUT2D eigenvalue weighted by molar-refractivity contribution is 7.92. The molecule has 2 aromatic carbocycles. The first-order valence-corrected chi connectivity index (χ1v) is 15.6. The summed E-state index contributed by atoms with van der Waals surface area (Å²) in [6, 6.07) is 13.2. The average Bonchev–Trinajstić information content (AvgIpc) is 3.42. The molecule has 10 nitrogen and oxygen atoms in total. The highest BCUT2D eigenvalue weighted by Gasteiger charge is 2.27. The Morgan fingerprint density at radius 2 is 1.54 bits per heavy atom. The highest BCUT2D eigenvalue weighted by atomic mass is 32.2. The fraction of sp³-hybridized carbons (Fsp3) is 0.480. The monoisotopic (exact) mass is 550 g/mol. The summed E-state index contributed by atoms with van der Waals surface area (Å²) in [5.41, 5.74) is 2.28. The predicted molar refractivity (Wildman–Crippen MR) is 143 cm³/mol. The summed E-state index contributed by atoms with van der Waals surface area (Å²) >= 11 is 0. The molecule has 4 rings (SSSR count). The van der Waals surface area contributed by atoms with Gasteiger partial charge in [0.2, 0.25) is 26.0 Å². The molecule has 1 N–H and O–H groups in total. The zero-order chi connectivity index (χ0) is 26.6. The number of carbonyl (C=O) groups is 1. The van der Waals surface area contributed by atoms with Crippen molar-refractivity contribution in [1.29, 1.82) is 0 Å². The van der Waals surface area contributed by atoms with Gasteiger partial charge in [0.25, 0.3) is 0 Å². The van der Waals surface area contributed by atoms with Gasteiger partial charge in [-0.2, -0.15) is 4.31 Å². The first-order valence-electron chi connectivity index (χ1n) is 12.4. The van der Waals surface area contributed by atoms with Gasteiger partial charge in [0.15, 0.2) is 0 Å². The van der Waals surface area contributed by atoms with Crippen molar-refractivity contribution in [1.82, 2.24) is 9.62 Å². The van der Waals surface area contributed by atoms with Gasteiger partial charge >= 0.3 is 0 Å². The van der Waals surface area contributed by atoms with Crippen LogP contribution >= 0.6 is 0 Å². The van der Waals surface area contributed by atoms with Gasteiger partial charge in [-0.05, 0) is 61.7 Å². The molecule has 1 amide bonds. The number of anilines is 2. The van der Waals surface area contributed by atoms with Crippen LogP contribution in [-0.2, 0) is 29.6 Å². The van der Waals surface area contributed by atoms with E-state index in [4.69, 9.17) is 4.74 Å². The molecule has 0 aromatic heterocycles. The van der Waals surface area contributed by atoms with E-state index in [1.54, 1.807) is 0 Å². The van der Waals surface area contributed by atoms with Crippen molar-refractivity contribution < 1.29 is 26.4 Å². The minimum Gasteiger partial charge on any atom is -0.379 e. The summed E-state index contributed by atoms with van der Waals surface area (Å²) < 4.78 is 58.3. The molecule has 2 aliphatic rings. The lowest BCUT2D eigenvalue weighted by molar-refractivity contribution is -0.120. The van der Waals surface area contributed by atoms with Crippen LogP contribution in [0.15, 0.2) is 53.4 Å². The van der Waals surface area contributed by atoms with Crippen LogP contribution in [0.25, 0.3) is 0 Å². The summed E-state index contributed by atoms with van der Waals surface area (Å²) in [5, 5.41) is 2.86. The number of hydrogen-bond acceptors (Lipinski definition) is 7. The van der Waals surface area contributed by atoms with E-state index in [-0.39, 0.29) is 29.7 Å². The quantitative estimate of drug-likeness (QED) is 0.507. The number of amides is 1. The van der Waals surface area contributed by atoms with Crippen LogP contribution in [0.4, 0.5) is 11.4 Å². The number of carbonyl (C=O) groups excluding carboxylic acids is 1. The van der Waals surface area contributed by atoms with Gasteiger partial charge in [-0.1, -0.05) is 12.1 Å². The summed E-state index contributed by atoms with van der Waals surface area (Å²) in [5.74, 6) is -0.466. The van der Waals surface area contributed by atoms with E-state index in [0.717, 1.165) is 34.9 Å². The smallest absolute Gasteiger partial charge is 0.243 e. The second-order valence-electron chi connectivity index (χ2n) is 9.35. The maximum absolute atomic E-state index is 12.9.